The zero-order chi connectivity index (χ0) is 21.5. The third kappa shape index (κ3) is 3.47. The molecule has 4 rings (SSSR count). The molecular formula is C23H34N4O3. The average Bonchev–Trinajstić information content (AvgIpc) is 2.92. The van der Waals surface area contributed by atoms with Crippen LogP contribution in [0.25, 0.3) is 0 Å². The minimum atomic E-state index is -0.398. The normalized spacial score (nSPS) is 29.0. The Morgan fingerprint density at radius 3 is 2.33 bits per heavy atom. The molecule has 7 nitrogen and oxygen atoms in total. The molecule has 0 radical (unpaired) electrons. The minimum absolute atomic E-state index is 0.0117. The summed E-state index contributed by atoms with van der Waals surface area (Å²) in [5.41, 5.74) is 0.462. The Labute approximate surface area is 179 Å². The van der Waals surface area contributed by atoms with Gasteiger partial charge in [0, 0.05) is 56.5 Å². The Balaban J connectivity index is 1.22. The van der Waals surface area contributed by atoms with Crippen LogP contribution in [0, 0.1) is 22.0 Å². The van der Waals surface area contributed by atoms with Crippen molar-refractivity contribution in [2.45, 2.75) is 46.5 Å². The lowest BCUT2D eigenvalue weighted by molar-refractivity contribution is -0.605. The molecule has 0 N–H and O–H groups in total. The maximum absolute atomic E-state index is 13.1. The van der Waals surface area contributed by atoms with Crippen LogP contribution in [0.15, 0.2) is 24.5 Å². The zero-order valence-electron chi connectivity index (χ0n) is 18.5. The quantitative estimate of drug-likeness (QED) is 0.308. The highest BCUT2D eigenvalue weighted by molar-refractivity contribution is 6.03. The van der Waals surface area contributed by atoms with E-state index in [9.17, 15) is 14.8 Å². The number of hydrogen-bond acceptors (Lipinski definition) is 5. The summed E-state index contributed by atoms with van der Waals surface area (Å²) in [7, 11) is 0. The van der Waals surface area contributed by atoms with E-state index < -0.39 is 5.41 Å². The van der Waals surface area contributed by atoms with Crippen LogP contribution in [-0.4, -0.2) is 60.9 Å². The Hall–Kier alpha value is -2.15. The number of carbonyl (C=O) groups excluding carboxylic acids is 2. The van der Waals surface area contributed by atoms with Crippen LogP contribution >= 0.6 is 0 Å². The molecule has 3 aliphatic rings. The molecule has 3 fully saturated rings. The molecule has 7 heteroatoms. The highest BCUT2D eigenvalue weighted by Crippen LogP contribution is 2.60. The molecule has 2 amide bonds. The van der Waals surface area contributed by atoms with Gasteiger partial charge < -0.3 is 10.1 Å². The second-order valence-electron chi connectivity index (χ2n) is 9.89. The monoisotopic (exact) mass is 414 g/mol. The van der Waals surface area contributed by atoms with E-state index in [1.165, 1.54) is 0 Å². The van der Waals surface area contributed by atoms with Crippen molar-refractivity contribution in [1.29, 1.82) is 0 Å². The molecule has 1 aromatic rings. The second-order valence-corrected chi connectivity index (χ2v) is 9.89. The van der Waals surface area contributed by atoms with Gasteiger partial charge in [0.25, 0.3) is 0 Å². The fourth-order valence-electron chi connectivity index (χ4n) is 5.56. The number of carbonyl (C=O) groups is 2. The molecular weight excluding hydrogens is 380 g/mol. The van der Waals surface area contributed by atoms with Crippen LogP contribution in [0.2, 0.25) is 0 Å². The topological polar surface area (TPSA) is 70.8 Å². The zero-order valence-corrected chi connectivity index (χ0v) is 18.5. The van der Waals surface area contributed by atoms with E-state index in [4.69, 9.17) is 0 Å². The van der Waals surface area contributed by atoms with Crippen LogP contribution in [-0.2, 0) is 9.59 Å². The number of unbranched alkanes of at least 4 members (excludes halogenated alkanes) is 1. The number of imide groups is 1. The van der Waals surface area contributed by atoms with Crippen molar-refractivity contribution in [2.75, 3.05) is 44.2 Å². The van der Waals surface area contributed by atoms with Gasteiger partial charge >= 0.3 is 0 Å². The molecule has 2 aliphatic heterocycles. The van der Waals surface area contributed by atoms with Crippen molar-refractivity contribution in [1.82, 2.24) is 9.80 Å². The van der Waals surface area contributed by atoms with E-state index in [-0.39, 0.29) is 23.1 Å². The van der Waals surface area contributed by atoms with Crippen LogP contribution in [0.1, 0.15) is 46.5 Å². The summed E-state index contributed by atoms with van der Waals surface area (Å²) in [5.74, 6) is 0.0836. The van der Waals surface area contributed by atoms with Crippen molar-refractivity contribution in [2.24, 2.45) is 16.7 Å². The lowest BCUT2D eigenvalue weighted by Crippen LogP contribution is -2.59. The lowest BCUT2D eigenvalue weighted by Gasteiger charge is -2.47. The molecule has 1 saturated carbocycles. The first-order valence-corrected chi connectivity index (χ1v) is 11.3. The SMILES string of the molecule is CC1(C)[C@H]2CC[C@@]1(C)C(=O)N(CCCCN1CCN(c3cc[n+]([O-])cc3)CC1)C2=O. The number of piperazine rings is 1. The summed E-state index contributed by atoms with van der Waals surface area (Å²) in [6.07, 6.45) is 6.60. The number of amides is 2. The van der Waals surface area contributed by atoms with Crippen LogP contribution in [0.5, 0.6) is 0 Å². The van der Waals surface area contributed by atoms with E-state index in [0.717, 1.165) is 68.8 Å². The second kappa shape index (κ2) is 7.84. The molecule has 30 heavy (non-hydrogen) atoms. The van der Waals surface area contributed by atoms with Gasteiger partial charge in [-0.15, -0.1) is 0 Å². The van der Waals surface area contributed by atoms with Crippen LogP contribution in [0.3, 0.4) is 0 Å². The van der Waals surface area contributed by atoms with E-state index in [1.54, 1.807) is 17.3 Å². The molecule has 1 aliphatic carbocycles. The molecule has 2 saturated heterocycles. The van der Waals surface area contributed by atoms with Crippen molar-refractivity contribution in [3.63, 3.8) is 0 Å². The Morgan fingerprint density at radius 1 is 1.03 bits per heavy atom. The minimum Gasteiger partial charge on any atom is -0.619 e. The highest BCUT2D eigenvalue weighted by atomic mass is 16.5. The van der Waals surface area contributed by atoms with Crippen molar-refractivity contribution in [3.05, 3.63) is 29.7 Å². The number of hydrogen-bond donors (Lipinski definition) is 0. The molecule has 164 valence electrons. The smallest absolute Gasteiger partial charge is 0.235 e. The van der Waals surface area contributed by atoms with Gasteiger partial charge in [0.15, 0.2) is 12.4 Å². The standard InChI is InChI=1S/C23H34N4O3/c1-22(2)19-6-9-23(22,3)21(29)27(20(19)28)11-5-4-10-24-14-16-25(17-15-24)18-7-12-26(30)13-8-18/h7-8,12-13,19H,4-6,9-11,14-17H2,1-3H3/t19-,23-/m0/s1. The van der Waals surface area contributed by atoms with Gasteiger partial charge in [0.2, 0.25) is 11.8 Å². The molecule has 2 bridgehead atoms. The van der Waals surface area contributed by atoms with E-state index in [2.05, 4.69) is 30.6 Å². The van der Waals surface area contributed by atoms with Gasteiger partial charge in [-0.3, -0.25) is 19.4 Å². The summed E-state index contributed by atoms with van der Waals surface area (Å²) in [6.45, 7) is 11.6. The first-order chi connectivity index (χ1) is 14.2. The van der Waals surface area contributed by atoms with Crippen LogP contribution in [0.4, 0.5) is 5.69 Å². The molecule has 3 heterocycles. The van der Waals surface area contributed by atoms with E-state index in [1.807, 2.05) is 12.1 Å². The van der Waals surface area contributed by atoms with Gasteiger partial charge in [-0.05, 0) is 37.6 Å². The third-order valence-electron chi connectivity index (χ3n) is 8.14. The average molecular weight is 415 g/mol. The molecule has 1 aromatic heterocycles. The largest absolute Gasteiger partial charge is 0.619 e. The van der Waals surface area contributed by atoms with Gasteiger partial charge in [-0.1, -0.05) is 20.8 Å². The Morgan fingerprint density at radius 2 is 1.67 bits per heavy atom. The van der Waals surface area contributed by atoms with Crippen molar-refractivity contribution >= 4 is 17.5 Å². The van der Waals surface area contributed by atoms with Gasteiger partial charge in [-0.25, -0.2) is 0 Å². The predicted octanol–water partition coefficient (Wildman–Crippen LogP) is 2.03. The number of piperidine rings is 1. The first-order valence-electron chi connectivity index (χ1n) is 11.3. The van der Waals surface area contributed by atoms with Gasteiger partial charge in [0.05, 0.1) is 5.41 Å². The number of rotatable bonds is 6. The molecule has 0 spiro atoms. The van der Waals surface area contributed by atoms with Crippen molar-refractivity contribution < 1.29 is 14.3 Å². The fraction of sp³-hybridized carbons (Fsp3) is 0.696. The summed E-state index contributed by atoms with van der Waals surface area (Å²) < 4.78 is 0.810. The maximum Gasteiger partial charge on any atom is 0.235 e. The molecule has 2 atom stereocenters. The van der Waals surface area contributed by atoms with E-state index >= 15 is 0 Å². The lowest BCUT2D eigenvalue weighted by atomic mass is 9.62. The number of pyridine rings is 1. The van der Waals surface area contributed by atoms with Gasteiger partial charge in [-0.2, -0.15) is 4.73 Å². The predicted molar refractivity (Wildman–Crippen MR) is 115 cm³/mol. The summed E-state index contributed by atoms with van der Waals surface area (Å²) in [5, 5.41) is 11.2. The van der Waals surface area contributed by atoms with Crippen LogP contribution < -0.4 is 9.63 Å². The Bertz CT molecular complexity index is 801. The van der Waals surface area contributed by atoms with Gasteiger partial charge in [0.1, 0.15) is 0 Å². The van der Waals surface area contributed by atoms with E-state index in [0.29, 0.717) is 6.54 Å². The number of likely N-dealkylation sites (tertiary alicyclic amines) is 1. The highest BCUT2D eigenvalue weighted by Gasteiger charge is 2.64. The maximum atomic E-state index is 13.1. The Kier molecular flexibility index (Phi) is 5.51. The number of anilines is 1. The fourth-order valence-corrected chi connectivity index (χ4v) is 5.56. The van der Waals surface area contributed by atoms with Crippen molar-refractivity contribution in [3.8, 4) is 0 Å². The summed E-state index contributed by atoms with van der Waals surface area (Å²) >= 11 is 0. The first kappa shape index (κ1) is 21.1. The number of nitrogens with zero attached hydrogens (tertiary/aromatic N) is 4. The summed E-state index contributed by atoms with van der Waals surface area (Å²) in [4.78, 5) is 32.3. The number of fused-ring (bicyclic) bond motifs is 2. The summed E-state index contributed by atoms with van der Waals surface area (Å²) in [6, 6.07) is 3.73. The molecule has 0 aromatic carbocycles. The third-order valence-corrected chi connectivity index (χ3v) is 8.14. The number of aromatic nitrogens is 1. The molecule has 0 unspecified atom stereocenters.